The van der Waals surface area contributed by atoms with Crippen LogP contribution in [0.15, 0.2) is 48.5 Å². The van der Waals surface area contributed by atoms with E-state index in [4.69, 9.17) is 16.3 Å². The van der Waals surface area contributed by atoms with E-state index in [1.807, 2.05) is 37.3 Å². The molecule has 1 aliphatic heterocycles. The summed E-state index contributed by atoms with van der Waals surface area (Å²) in [4.78, 5) is 10.9. The van der Waals surface area contributed by atoms with Gasteiger partial charge in [0.1, 0.15) is 5.75 Å². The molecule has 0 unspecified atom stereocenters. The number of ether oxygens (including phenoxy) is 1. The fourth-order valence-corrected chi connectivity index (χ4v) is 5.69. The quantitative estimate of drug-likeness (QED) is 0.431. The molecule has 1 aliphatic rings. The molecule has 0 spiro atoms. The molecule has 1 saturated heterocycles. The number of aryl methyl sites for hydroxylation is 1. The number of hydrogen-bond acceptors (Lipinski definition) is 7. The number of halogens is 1. The Morgan fingerprint density at radius 3 is 2.52 bits per heavy atom. The van der Waals surface area contributed by atoms with Crippen molar-refractivity contribution in [3.63, 3.8) is 0 Å². The average molecular weight is 484 g/mol. The molecule has 1 N–H and O–H groups in total. The van der Waals surface area contributed by atoms with Crippen molar-refractivity contribution in [3.05, 3.63) is 69.8 Å². The Labute approximate surface area is 201 Å². The Morgan fingerprint density at radius 1 is 1.12 bits per heavy atom. The van der Waals surface area contributed by atoms with Gasteiger partial charge < -0.3 is 14.7 Å². The summed E-state index contributed by atoms with van der Waals surface area (Å²) in [6.07, 6.45) is 0.730. The van der Waals surface area contributed by atoms with Crippen molar-refractivity contribution >= 4 is 33.6 Å². The molecule has 0 aliphatic carbocycles. The molecule has 2 aromatic carbocycles. The maximum atomic E-state index is 11.1. The van der Waals surface area contributed by atoms with E-state index in [9.17, 15) is 5.11 Å². The number of methoxy groups -OCH3 is 1. The van der Waals surface area contributed by atoms with Gasteiger partial charge in [-0.3, -0.25) is 4.90 Å². The summed E-state index contributed by atoms with van der Waals surface area (Å²) in [6, 6.07) is 15.9. The lowest BCUT2D eigenvalue weighted by Crippen LogP contribution is -2.47. The Hall–Kier alpha value is -2.81. The molecule has 7 nitrogen and oxygen atoms in total. The normalized spacial score (nSPS) is 15.8. The maximum absolute atomic E-state index is 11.1. The van der Waals surface area contributed by atoms with Gasteiger partial charge in [-0.15, -0.1) is 5.10 Å². The van der Waals surface area contributed by atoms with E-state index in [0.717, 1.165) is 54.6 Å². The number of anilines is 1. The predicted molar refractivity (Wildman–Crippen MR) is 132 cm³/mol. The van der Waals surface area contributed by atoms with E-state index in [1.165, 1.54) is 17.0 Å². The summed E-state index contributed by atoms with van der Waals surface area (Å²) in [5.74, 6) is 1.75. The molecule has 2 aromatic heterocycles. The first-order valence-corrected chi connectivity index (χ1v) is 12.2. The second-order valence-corrected chi connectivity index (χ2v) is 9.49. The molecule has 9 heteroatoms. The molecule has 172 valence electrons. The topological polar surface area (TPSA) is 66.1 Å². The highest BCUT2D eigenvalue weighted by molar-refractivity contribution is 7.17. The number of fused-ring (bicyclic) bond motifs is 1. The number of nitrogens with zero attached hydrogens (tertiary/aromatic N) is 5. The van der Waals surface area contributed by atoms with Crippen molar-refractivity contribution in [2.75, 3.05) is 38.2 Å². The lowest BCUT2D eigenvalue weighted by molar-refractivity contribution is 0.211. The standard InChI is InChI=1S/C24H26ClN5O2S/c1-3-20-26-24-30(27-20)23(31)22(33-24)21(16-5-4-6-17(25)15-16)29-13-11-28(12-14-29)18-7-9-19(32-2)10-8-18/h4-10,15,21,31H,3,11-14H2,1-2H3/t21-/m1/s1. The minimum Gasteiger partial charge on any atom is -0.497 e. The van der Waals surface area contributed by atoms with Crippen LogP contribution in [0, 0.1) is 0 Å². The van der Waals surface area contributed by atoms with Crippen LogP contribution in [-0.2, 0) is 6.42 Å². The lowest BCUT2D eigenvalue weighted by atomic mass is 10.0. The summed E-state index contributed by atoms with van der Waals surface area (Å²) in [5, 5.41) is 16.2. The van der Waals surface area contributed by atoms with Crippen LogP contribution in [0.3, 0.4) is 0 Å². The van der Waals surface area contributed by atoms with Gasteiger partial charge in [0, 0.05) is 43.3 Å². The van der Waals surface area contributed by atoms with E-state index < -0.39 is 0 Å². The zero-order valence-corrected chi connectivity index (χ0v) is 20.2. The van der Waals surface area contributed by atoms with E-state index in [2.05, 4.69) is 38.1 Å². The smallest absolute Gasteiger partial charge is 0.230 e. The van der Waals surface area contributed by atoms with Gasteiger partial charge in [0.2, 0.25) is 10.8 Å². The van der Waals surface area contributed by atoms with Crippen molar-refractivity contribution < 1.29 is 9.84 Å². The molecule has 0 saturated carbocycles. The average Bonchev–Trinajstić information content (AvgIpc) is 3.39. The van der Waals surface area contributed by atoms with Gasteiger partial charge in [0.15, 0.2) is 5.82 Å². The third-order valence-electron chi connectivity index (χ3n) is 6.09. The van der Waals surface area contributed by atoms with Crippen molar-refractivity contribution in [3.8, 4) is 11.6 Å². The third-order valence-corrected chi connectivity index (χ3v) is 7.40. The Balaban J connectivity index is 1.44. The summed E-state index contributed by atoms with van der Waals surface area (Å²) in [6.45, 7) is 5.46. The van der Waals surface area contributed by atoms with Crippen LogP contribution in [0.25, 0.3) is 4.96 Å². The van der Waals surface area contributed by atoms with Crippen molar-refractivity contribution in [1.29, 1.82) is 0 Å². The number of aromatic nitrogens is 3. The van der Waals surface area contributed by atoms with E-state index in [-0.39, 0.29) is 11.9 Å². The zero-order chi connectivity index (χ0) is 22.9. The van der Waals surface area contributed by atoms with Crippen LogP contribution >= 0.6 is 22.9 Å². The van der Waals surface area contributed by atoms with Crippen LogP contribution in [0.2, 0.25) is 5.02 Å². The summed E-state index contributed by atoms with van der Waals surface area (Å²) in [7, 11) is 1.68. The van der Waals surface area contributed by atoms with Gasteiger partial charge in [-0.2, -0.15) is 4.52 Å². The predicted octanol–water partition coefficient (Wildman–Crippen LogP) is 4.63. The van der Waals surface area contributed by atoms with Crippen molar-refractivity contribution in [2.24, 2.45) is 0 Å². The van der Waals surface area contributed by atoms with E-state index in [1.54, 1.807) is 11.6 Å². The van der Waals surface area contributed by atoms with Crippen LogP contribution < -0.4 is 9.64 Å². The second-order valence-electron chi connectivity index (χ2n) is 8.04. The van der Waals surface area contributed by atoms with Crippen LogP contribution in [0.5, 0.6) is 11.6 Å². The first-order chi connectivity index (χ1) is 16.1. The number of benzene rings is 2. The number of piperazine rings is 1. The van der Waals surface area contributed by atoms with Gasteiger partial charge in [-0.25, -0.2) is 4.98 Å². The zero-order valence-electron chi connectivity index (χ0n) is 18.6. The fraction of sp³-hybridized carbons (Fsp3) is 0.333. The first kappa shape index (κ1) is 22.0. The molecule has 1 fully saturated rings. The molecule has 3 heterocycles. The minimum absolute atomic E-state index is 0.125. The SMILES string of the molecule is CCc1nc2sc([C@@H](c3cccc(Cl)c3)N3CCN(c4ccc(OC)cc4)CC3)c(O)n2n1. The maximum Gasteiger partial charge on any atom is 0.230 e. The van der Waals surface area contributed by atoms with Crippen molar-refractivity contribution in [1.82, 2.24) is 19.5 Å². The first-order valence-electron chi connectivity index (χ1n) is 11.0. The Kier molecular flexibility index (Phi) is 6.14. The lowest BCUT2D eigenvalue weighted by Gasteiger charge is -2.40. The van der Waals surface area contributed by atoms with Crippen LogP contribution in [0.4, 0.5) is 5.69 Å². The fourth-order valence-electron chi connectivity index (χ4n) is 4.35. The van der Waals surface area contributed by atoms with E-state index in [0.29, 0.717) is 9.98 Å². The molecule has 0 bridgehead atoms. The molecule has 0 amide bonds. The molecule has 0 radical (unpaired) electrons. The highest BCUT2D eigenvalue weighted by Gasteiger charge is 2.32. The summed E-state index contributed by atoms with van der Waals surface area (Å²) < 4.78 is 6.84. The van der Waals surface area contributed by atoms with Crippen molar-refractivity contribution in [2.45, 2.75) is 19.4 Å². The summed E-state index contributed by atoms with van der Waals surface area (Å²) >= 11 is 7.85. The van der Waals surface area contributed by atoms with Crippen LogP contribution in [-0.4, -0.2) is 57.9 Å². The van der Waals surface area contributed by atoms with E-state index >= 15 is 0 Å². The molecule has 1 atom stereocenters. The number of rotatable bonds is 6. The monoisotopic (exact) mass is 483 g/mol. The second kappa shape index (κ2) is 9.21. The highest BCUT2D eigenvalue weighted by atomic mass is 35.5. The van der Waals surface area contributed by atoms with Gasteiger partial charge in [0.25, 0.3) is 0 Å². The van der Waals surface area contributed by atoms with Gasteiger partial charge in [0.05, 0.1) is 18.0 Å². The molecular formula is C24H26ClN5O2S. The number of thiazole rings is 1. The summed E-state index contributed by atoms with van der Waals surface area (Å²) in [5.41, 5.74) is 2.24. The molecule has 4 aromatic rings. The Bertz CT molecular complexity index is 1250. The Morgan fingerprint density at radius 2 is 1.88 bits per heavy atom. The largest absolute Gasteiger partial charge is 0.497 e. The van der Waals surface area contributed by atoms with Gasteiger partial charge in [-0.1, -0.05) is 42.0 Å². The van der Waals surface area contributed by atoms with Crippen LogP contribution in [0.1, 0.15) is 29.2 Å². The highest BCUT2D eigenvalue weighted by Crippen LogP contribution is 2.41. The number of hydrogen-bond donors (Lipinski definition) is 1. The minimum atomic E-state index is -0.125. The molecule has 5 rings (SSSR count). The molecular weight excluding hydrogens is 458 g/mol. The van der Waals surface area contributed by atoms with Gasteiger partial charge in [-0.05, 0) is 42.0 Å². The third kappa shape index (κ3) is 4.26. The van der Waals surface area contributed by atoms with Gasteiger partial charge >= 0.3 is 0 Å². The molecule has 33 heavy (non-hydrogen) atoms. The number of aromatic hydroxyl groups is 1.